The molecule has 0 bridgehead atoms. The molecule has 1 aliphatic carbocycles. The Morgan fingerprint density at radius 1 is 1.32 bits per heavy atom. The first-order chi connectivity index (χ1) is 11.9. The lowest BCUT2D eigenvalue weighted by Crippen LogP contribution is -2.56. The maximum Gasteiger partial charge on any atom is 0.315 e. The highest BCUT2D eigenvalue weighted by Gasteiger charge is 2.33. The lowest BCUT2D eigenvalue weighted by Gasteiger charge is -2.42. The summed E-state index contributed by atoms with van der Waals surface area (Å²) in [5.74, 6) is 0.0717. The van der Waals surface area contributed by atoms with Gasteiger partial charge in [0.1, 0.15) is 13.2 Å². The van der Waals surface area contributed by atoms with E-state index in [9.17, 15) is 4.79 Å². The van der Waals surface area contributed by atoms with Crippen LogP contribution in [-0.4, -0.2) is 42.7 Å². The van der Waals surface area contributed by atoms with E-state index in [1.54, 1.807) is 11.3 Å². The molecule has 0 spiro atoms. The molecule has 3 nitrogen and oxygen atoms in total. The first-order valence-corrected chi connectivity index (χ1v) is 10.5. The van der Waals surface area contributed by atoms with Crippen molar-refractivity contribution in [1.82, 2.24) is 0 Å². The SMILES string of the molecule is CC(C)[N+](C)(CCOC(=O)C(c1cccs1)C1C=CCCC1)C(C)C. The fourth-order valence-electron chi connectivity index (χ4n) is 3.63. The topological polar surface area (TPSA) is 26.3 Å². The Hall–Kier alpha value is -1.13. The first kappa shape index (κ1) is 20.2. The van der Waals surface area contributed by atoms with E-state index in [0.29, 0.717) is 18.7 Å². The number of likely N-dealkylation sites (N-methyl/N-ethyl adjacent to an activating group) is 1. The van der Waals surface area contributed by atoms with Gasteiger partial charge in [-0.1, -0.05) is 18.2 Å². The molecule has 2 atom stereocenters. The molecular formula is C21H34NO2S+. The van der Waals surface area contributed by atoms with Crippen LogP contribution in [0.4, 0.5) is 0 Å². The van der Waals surface area contributed by atoms with E-state index in [4.69, 9.17) is 4.74 Å². The lowest BCUT2D eigenvalue weighted by atomic mass is 9.83. The molecule has 0 saturated heterocycles. The van der Waals surface area contributed by atoms with Crippen LogP contribution in [-0.2, 0) is 9.53 Å². The average molecular weight is 365 g/mol. The summed E-state index contributed by atoms with van der Waals surface area (Å²) < 4.78 is 6.71. The third-order valence-electron chi connectivity index (χ3n) is 6.00. The van der Waals surface area contributed by atoms with Crippen molar-refractivity contribution in [1.29, 1.82) is 0 Å². The molecule has 0 fully saturated rings. The number of ether oxygens (including phenoxy) is 1. The van der Waals surface area contributed by atoms with Crippen molar-refractivity contribution < 1.29 is 14.0 Å². The summed E-state index contributed by atoms with van der Waals surface area (Å²) in [6, 6.07) is 5.11. The van der Waals surface area contributed by atoms with Crippen LogP contribution in [0.15, 0.2) is 29.7 Å². The molecule has 0 amide bonds. The second-order valence-electron chi connectivity index (χ2n) is 7.94. The zero-order chi connectivity index (χ0) is 18.4. The molecular weight excluding hydrogens is 330 g/mol. The number of quaternary nitrogens is 1. The summed E-state index contributed by atoms with van der Waals surface area (Å²) in [5.41, 5.74) is 0. The van der Waals surface area contributed by atoms with Gasteiger partial charge in [-0.05, 0) is 64.3 Å². The van der Waals surface area contributed by atoms with Gasteiger partial charge >= 0.3 is 5.97 Å². The van der Waals surface area contributed by atoms with Crippen LogP contribution in [0.1, 0.15) is 57.8 Å². The summed E-state index contributed by atoms with van der Waals surface area (Å²) in [4.78, 5) is 14.0. The zero-order valence-corrected chi connectivity index (χ0v) is 17.2. The highest BCUT2D eigenvalue weighted by atomic mass is 32.1. The van der Waals surface area contributed by atoms with Gasteiger partial charge in [0, 0.05) is 4.88 Å². The van der Waals surface area contributed by atoms with Crippen molar-refractivity contribution >= 4 is 17.3 Å². The minimum Gasteiger partial charge on any atom is -0.459 e. The van der Waals surface area contributed by atoms with E-state index in [-0.39, 0.29) is 17.8 Å². The molecule has 4 heteroatoms. The Morgan fingerprint density at radius 3 is 2.56 bits per heavy atom. The molecule has 0 N–H and O–H groups in total. The minimum absolute atomic E-state index is 0.0573. The molecule has 2 unspecified atom stereocenters. The van der Waals surface area contributed by atoms with Crippen molar-refractivity contribution in [2.75, 3.05) is 20.2 Å². The van der Waals surface area contributed by atoms with Gasteiger partial charge in [-0.25, -0.2) is 0 Å². The molecule has 1 aromatic heterocycles. The van der Waals surface area contributed by atoms with Crippen LogP contribution in [0.5, 0.6) is 0 Å². The van der Waals surface area contributed by atoms with E-state index < -0.39 is 0 Å². The Kier molecular flexibility index (Phi) is 7.26. The van der Waals surface area contributed by atoms with Crippen LogP contribution in [0, 0.1) is 5.92 Å². The molecule has 1 heterocycles. The molecule has 0 aromatic carbocycles. The summed E-state index contributed by atoms with van der Waals surface area (Å²) in [7, 11) is 2.25. The number of hydrogen-bond donors (Lipinski definition) is 0. The fraction of sp³-hybridized carbons (Fsp3) is 0.667. The Labute approximate surface area is 157 Å². The highest BCUT2D eigenvalue weighted by molar-refractivity contribution is 7.10. The zero-order valence-electron chi connectivity index (χ0n) is 16.4. The van der Waals surface area contributed by atoms with E-state index in [1.807, 2.05) is 11.4 Å². The number of hydrogen-bond acceptors (Lipinski definition) is 3. The summed E-state index contributed by atoms with van der Waals surface area (Å²) in [6.07, 6.45) is 7.79. The summed E-state index contributed by atoms with van der Waals surface area (Å²) >= 11 is 1.66. The number of nitrogens with zero attached hydrogens (tertiary/aromatic N) is 1. The van der Waals surface area contributed by atoms with E-state index in [0.717, 1.165) is 35.2 Å². The number of thiophene rings is 1. The normalized spacial score (nSPS) is 19.4. The maximum absolute atomic E-state index is 12.9. The van der Waals surface area contributed by atoms with Crippen LogP contribution in [0.2, 0.25) is 0 Å². The summed E-state index contributed by atoms with van der Waals surface area (Å²) in [6.45, 7) is 10.3. The summed E-state index contributed by atoms with van der Waals surface area (Å²) in [5, 5.41) is 2.05. The van der Waals surface area contributed by atoms with E-state index in [2.05, 4.69) is 53.0 Å². The second kappa shape index (κ2) is 9.00. The van der Waals surface area contributed by atoms with Gasteiger partial charge in [-0.15, -0.1) is 11.3 Å². The van der Waals surface area contributed by atoms with E-state index in [1.165, 1.54) is 0 Å². The molecule has 0 aliphatic heterocycles. The molecule has 0 saturated carbocycles. The van der Waals surface area contributed by atoms with Crippen LogP contribution >= 0.6 is 11.3 Å². The number of rotatable bonds is 8. The van der Waals surface area contributed by atoms with Gasteiger partial charge in [-0.3, -0.25) is 4.79 Å². The van der Waals surface area contributed by atoms with Crippen molar-refractivity contribution in [3.63, 3.8) is 0 Å². The van der Waals surface area contributed by atoms with E-state index >= 15 is 0 Å². The second-order valence-corrected chi connectivity index (χ2v) is 8.92. The van der Waals surface area contributed by atoms with Crippen LogP contribution in [0.3, 0.4) is 0 Å². The molecule has 2 rings (SSSR count). The Morgan fingerprint density at radius 2 is 2.04 bits per heavy atom. The Balaban J connectivity index is 2.03. The average Bonchev–Trinajstić information content (AvgIpc) is 3.09. The third kappa shape index (κ3) is 4.95. The first-order valence-electron chi connectivity index (χ1n) is 9.58. The fourth-order valence-corrected chi connectivity index (χ4v) is 4.52. The largest absolute Gasteiger partial charge is 0.459 e. The number of carbonyl (C=O) groups is 1. The van der Waals surface area contributed by atoms with Gasteiger partial charge in [-0.2, -0.15) is 0 Å². The number of esters is 1. The Bertz CT molecular complexity index is 554. The lowest BCUT2D eigenvalue weighted by molar-refractivity contribution is -0.949. The van der Waals surface area contributed by atoms with Crippen molar-refractivity contribution in [2.45, 2.75) is 65.0 Å². The highest BCUT2D eigenvalue weighted by Crippen LogP contribution is 2.35. The van der Waals surface area contributed by atoms with Crippen molar-refractivity contribution in [3.05, 3.63) is 34.5 Å². The van der Waals surface area contributed by atoms with Crippen molar-refractivity contribution in [2.24, 2.45) is 5.92 Å². The predicted octanol–water partition coefficient (Wildman–Crippen LogP) is 4.99. The molecule has 0 radical (unpaired) electrons. The van der Waals surface area contributed by atoms with Crippen LogP contribution in [0.25, 0.3) is 0 Å². The molecule has 140 valence electrons. The van der Waals surface area contributed by atoms with Gasteiger partial charge in [0.2, 0.25) is 0 Å². The van der Waals surface area contributed by atoms with Gasteiger partial charge in [0.15, 0.2) is 0 Å². The third-order valence-corrected chi connectivity index (χ3v) is 6.96. The molecule has 25 heavy (non-hydrogen) atoms. The number of allylic oxidation sites excluding steroid dienone is 2. The quantitative estimate of drug-likeness (QED) is 0.369. The molecule has 1 aromatic rings. The predicted molar refractivity (Wildman–Crippen MR) is 106 cm³/mol. The maximum atomic E-state index is 12.9. The smallest absolute Gasteiger partial charge is 0.315 e. The molecule has 1 aliphatic rings. The number of carbonyl (C=O) groups excluding carboxylic acids is 1. The van der Waals surface area contributed by atoms with Gasteiger partial charge < -0.3 is 9.22 Å². The van der Waals surface area contributed by atoms with Crippen molar-refractivity contribution in [3.8, 4) is 0 Å². The standard InChI is InChI=1S/C21H34NO2S/c1-16(2)22(5,17(3)4)13-14-24-21(23)20(19-12-9-15-25-19)18-10-7-6-8-11-18/h7,9-10,12,15-18,20H,6,8,11,13-14H2,1-5H3/q+1. The minimum atomic E-state index is -0.145. The monoisotopic (exact) mass is 364 g/mol. The van der Waals surface area contributed by atoms with Gasteiger partial charge in [0.25, 0.3) is 0 Å². The van der Waals surface area contributed by atoms with Crippen LogP contribution < -0.4 is 0 Å². The van der Waals surface area contributed by atoms with Gasteiger partial charge in [0.05, 0.1) is 25.0 Å².